The third-order valence-corrected chi connectivity index (χ3v) is 3.51. The van der Waals surface area contributed by atoms with Crippen LogP contribution in [-0.4, -0.2) is 17.9 Å². The Labute approximate surface area is 99.9 Å². The first-order valence-corrected chi connectivity index (χ1v) is 5.80. The van der Waals surface area contributed by atoms with Gasteiger partial charge in [-0.1, -0.05) is 0 Å². The zero-order chi connectivity index (χ0) is 12.0. The molecule has 17 heavy (non-hydrogen) atoms. The zero-order valence-corrected chi connectivity index (χ0v) is 10.1. The van der Waals surface area contributed by atoms with E-state index in [4.69, 9.17) is 15.2 Å². The minimum Gasteiger partial charge on any atom is -0.454 e. The molecule has 1 aliphatic heterocycles. The van der Waals surface area contributed by atoms with Crippen LogP contribution in [0.2, 0.25) is 0 Å². The van der Waals surface area contributed by atoms with E-state index >= 15 is 0 Å². The van der Waals surface area contributed by atoms with Crippen molar-refractivity contribution in [2.45, 2.75) is 13.3 Å². The van der Waals surface area contributed by atoms with Crippen molar-refractivity contribution in [3.05, 3.63) is 23.4 Å². The SMILES string of the molecule is Cc1c(CCN)c2cc3c(cc2n1C)OCO3. The number of nitrogens with two attached hydrogens (primary N) is 1. The van der Waals surface area contributed by atoms with E-state index in [0.29, 0.717) is 13.3 Å². The van der Waals surface area contributed by atoms with Gasteiger partial charge in [-0.25, -0.2) is 0 Å². The molecule has 2 aromatic rings. The fourth-order valence-corrected chi connectivity index (χ4v) is 2.49. The van der Waals surface area contributed by atoms with Gasteiger partial charge < -0.3 is 19.8 Å². The summed E-state index contributed by atoms with van der Waals surface area (Å²) < 4.78 is 13.0. The Balaban J connectivity index is 2.30. The van der Waals surface area contributed by atoms with Gasteiger partial charge in [-0.3, -0.25) is 0 Å². The molecule has 1 aromatic carbocycles. The Morgan fingerprint density at radius 1 is 1.29 bits per heavy atom. The van der Waals surface area contributed by atoms with E-state index in [0.717, 1.165) is 17.9 Å². The monoisotopic (exact) mass is 232 g/mol. The highest BCUT2D eigenvalue weighted by Gasteiger charge is 2.19. The number of aromatic nitrogens is 1. The average Bonchev–Trinajstić information content (AvgIpc) is 2.87. The number of ether oxygens (including phenoxy) is 2. The molecule has 2 heterocycles. The van der Waals surface area contributed by atoms with Crippen LogP contribution in [0.3, 0.4) is 0 Å². The lowest BCUT2D eigenvalue weighted by Gasteiger charge is -2.00. The third kappa shape index (κ3) is 1.41. The number of aryl methyl sites for hydroxylation is 1. The summed E-state index contributed by atoms with van der Waals surface area (Å²) in [5.41, 5.74) is 9.42. The standard InChI is InChI=1S/C13H16N2O2/c1-8-9(3-4-14)10-5-12-13(17-7-16-12)6-11(10)15(8)2/h5-6H,3-4,7,14H2,1-2H3. The van der Waals surface area contributed by atoms with Crippen molar-refractivity contribution in [2.24, 2.45) is 12.8 Å². The molecular formula is C13H16N2O2. The fourth-order valence-electron chi connectivity index (χ4n) is 2.49. The lowest BCUT2D eigenvalue weighted by molar-refractivity contribution is 0.174. The Bertz CT molecular complexity index is 587. The maximum absolute atomic E-state index is 5.68. The van der Waals surface area contributed by atoms with Gasteiger partial charge in [-0.05, 0) is 31.5 Å². The number of hydrogen-bond donors (Lipinski definition) is 1. The molecule has 0 aliphatic carbocycles. The van der Waals surface area contributed by atoms with Gasteiger partial charge in [0.1, 0.15) is 0 Å². The second kappa shape index (κ2) is 3.67. The van der Waals surface area contributed by atoms with Crippen LogP contribution >= 0.6 is 0 Å². The van der Waals surface area contributed by atoms with Gasteiger partial charge >= 0.3 is 0 Å². The Morgan fingerprint density at radius 3 is 2.71 bits per heavy atom. The smallest absolute Gasteiger partial charge is 0.231 e. The van der Waals surface area contributed by atoms with Crippen LogP contribution in [0.1, 0.15) is 11.3 Å². The summed E-state index contributed by atoms with van der Waals surface area (Å²) in [6.45, 7) is 3.10. The molecule has 0 amide bonds. The molecule has 1 aromatic heterocycles. The normalized spacial score (nSPS) is 13.6. The molecule has 0 radical (unpaired) electrons. The van der Waals surface area contributed by atoms with E-state index in [2.05, 4.69) is 24.6 Å². The minimum absolute atomic E-state index is 0.316. The van der Waals surface area contributed by atoms with Gasteiger partial charge in [0.15, 0.2) is 11.5 Å². The molecule has 0 fully saturated rings. The van der Waals surface area contributed by atoms with Crippen molar-refractivity contribution in [1.82, 2.24) is 4.57 Å². The highest BCUT2D eigenvalue weighted by Crippen LogP contribution is 2.38. The van der Waals surface area contributed by atoms with Crippen molar-refractivity contribution in [3.63, 3.8) is 0 Å². The second-order valence-electron chi connectivity index (χ2n) is 4.38. The molecule has 0 bridgehead atoms. The number of fused-ring (bicyclic) bond motifs is 2. The number of rotatable bonds is 2. The third-order valence-electron chi connectivity index (χ3n) is 3.51. The van der Waals surface area contributed by atoms with Gasteiger partial charge in [0.25, 0.3) is 0 Å². The van der Waals surface area contributed by atoms with Crippen molar-refractivity contribution in [2.75, 3.05) is 13.3 Å². The molecule has 4 heteroatoms. The molecule has 3 rings (SSSR count). The van der Waals surface area contributed by atoms with Gasteiger partial charge in [-0.2, -0.15) is 0 Å². The van der Waals surface area contributed by atoms with Gasteiger partial charge in [0, 0.05) is 24.2 Å². The van der Waals surface area contributed by atoms with Crippen LogP contribution in [0.25, 0.3) is 10.9 Å². The molecule has 0 spiro atoms. The number of nitrogens with zero attached hydrogens (tertiary/aromatic N) is 1. The van der Waals surface area contributed by atoms with Crippen molar-refractivity contribution in [1.29, 1.82) is 0 Å². The summed E-state index contributed by atoms with van der Waals surface area (Å²) in [6.07, 6.45) is 0.892. The molecular weight excluding hydrogens is 216 g/mol. The number of hydrogen-bond acceptors (Lipinski definition) is 3. The van der Waals surface area contributed by atoms with Crippen LogP contribution in [0.5, 0.6) is 11.5 Å². The predicted octanol–water partition coefficient (Wildman–Crippen LogP) is 1.72. The molecule has 1 aliphatic rings. The Morgan fingerprint density at radius 2 is 2.00 bits per heavy atom. The van der Waals surface area contributed by atoms with Crippen LogP contribution in [0.4, 0.5) is 0 Å². The van der Waals surface area contributed by atoms with Gasteiger partial charge in [0.05, 0.1) is 5.52 Å². The van der Waals surface area contributed by atoms with Crippen LogP contribution in [0, 0.1) is 6.92 Å². The molecule has 0 unspecified atom stereocenters. The lowest BCUT2D eigenvalue weighted by Crippen LogP contribution is -2.04. The molecule has 0 saturated heterocycles. The summed E-state index contributed by atoms with van der Waals surface area (Å²) in [4.78, 5) is 0. The van der Waals surface area contributed by atoms with Gasteiger partial charge in [0.2, 0.25) is 6.79 Å². The summed E-state index contributed by atoms with van der Waals surface area (Å²) in [5.74, 6) is 1.67. The van der Waals surface area contributed by atoms with Crippen molar-refractivity contribution < 1.29 is 9.47 Å². The molecule has 4 nitrogen and oxygen atoms in total. The summed E-state index contributed by atoms with van der Waals surface area (Å²) in [7, 11) is 2.07. The van der Waals surface area contributed by atoms with E-state index in [-0.39, 0.29) is 0 Å². The van der Waals surface area contributed by atoms with Crippen LogP contribution < -0.4 is 15.2 Å². The topological polar surface area (TPSA) is 49.4 Å². The molecule has 2 N–H and O–H groups in total. The predicted molar refractivity (Wildman–Crippen MR) is 66.5 cm³/mol. The quantitative estimate of drug-likeness (QED) is 0.857. The number of benzene rings is 1. The first kappa shape index (κ1) is 10.5. The first-order valence-electron chi connectivity index (χ1n) is 5.80. The maximum Gasteiger partial charge on any atom is 0.231 e. The largest absolute Gasteiger partial charge is 0.454 e. The summed E-state index contributed by atoms with van der Waals surface area (Å²) >= 11 is 0. The highest BCUT2D eigenvalue weighted by molar-refractivity contribution is 5.89. The second-order valence-corrected chi connectivity index (χ2v) is 4.38. The van der Waals surface area contributed by atoms with Crippen LogP contribution in [-0.2, 0) is 13.5 Å². The Kier molecular flexibility index (Phi) is 2.26. The van der Waals surface area contributed by atoms with E-state index < -0.39 is 0 Å². The van der Waals surface area contributed by atoms with E-state index in [9.17, 15) is 0 Å². The summed E-state index contributed by atoms with van der Waals surface area (Å²) in [6, 6.07) is 4.11. The van der Waals surface area contributed by atoms with Crippen molar-refractivity contribution >= 4 is 10.9 Å². The van der Waals surface area contributed by atoms with E-state index in [1.807, 2.05) is 6.07 Å². The Hall–Kier alpha value is -1.68. The van der Waals surface area contributed by atoms with Crippen molar-refractivity contribution in [3.8, 4) is 11.5 Å². The summed E-state index contributed by atoms with van der Waals surface area (Å²) in [5, 5.41) is 1.22. The first-order chi connectivity index (χ1) is 8.22. The highest BCUT2D eigenvalue weighted by atomic mass is 16.7. The fraction of sp³-hybridized carbons (Fsp3) is 0.385. The maximum atomic E-state index is 5.68. The minimum atomic E-state index is 0.316. The lowest BCUT2D eigenvalue weighted by atomic mass is 10.1. The molecule has 0 saturated carbocycles. The molecule has 0 atom stereocenters. The van der Waals surface area contributed by atoms with E-state index in [1.54, 1.807) is 0 Å². The van der Waals surface area contributed by atoms with E-state index in [1.165, 1.54) is 22.2 Å². The average molecular weight is 232 g/mol. The zero-order valence-electron chi connectivity index (χ0n) is 10.1. The molecule has 90 valence electrons. The van der Waals surface area contributed by atoms with Gasteiger partial charge in [-0.15, -0.1) is 0 Å². The van der Waals surface area contributed by atoms with Crippen LogP contribution in [0.15, 0.2) is 12.1 Å².